The number of aryl methyl sites for hydroxylation is 1. The monoisotopic (exact) mass is 394 g/mol. The topological polar surface area (TPSA) is 125 Å². The Morgan fingerprint density at radius 1 is 1.44 bits per heavy atom. The Bertz CT molecular complexity index is 764. The van der Waals surface area contributed by atoms with Crippen LogP contribution < -0.4 is 20.9 Å². The lowest BCUT2D eigenvalue weighted by Crippen LogP contribution is -2.56. The summed E-state index contributed by atoms with van der Waals surface area (Å²) in [6.07, 6.45) is 4.16. The molecule has 10 heteroatoms. The average Bonchev–Trinajstić information content (AvgIpc) is 3.34. The quantitative estimate of drug-likeness (QED) is 0.500. The van der Waals surface area contributed by atoms with Gasteiger partial charge < -0.3 is 21.3 Å². The maximum atomic E-state index is 13.1. The Kier molecular flexibility index (Phi) is 5.73. The molecule has 3 heterocycles. The van der Waals surface area contributed by atoms with Crippen LogP contribution in [0.3, 0.4) is 0 Å². The van der Waals surface area contributed by atoms with Gasteiger partial charge in [0.15, 0.2) is 6.20 Å². The van der Waals surface area contributed by atoms with Crippen LogP contribution in [0, 0.1) is 0 Å². The van der Waals surface area contributed by atoms with E-state index in [0.717, 1.165) is 4.88 Å². The summed E-state index contributed by atoms with van der Waals surface area (Å²) in [7, 11) is 1.88. The molecule has 0 aromatic carbocycles. The van der Waals surface area contributed by atoms with Crippen molar-refractivity contribution in [1.29, 1.82) is 0 Å². The average molecular weight is 394 g/mol. The summed E-state index contributed by atoms with van der Waals surface area (Å²) >= 11 is 1.48. The molecule has 3 atom stereocenters. The summed E-state index contributed by atoms with van der Waals surface area (Å²) in [4.78, 5) is 51.1. The highest BCUT2D eigenvalue weighted by molar-refractivity contribution is 7.09. The molecule has 0 radical (unpaired) electrons. The number of rotatable bonds is 6. The van der Waals surface area contributed by atoms with E-state index < -0.39 is 24.0 Å². The lowest BCUT2D eigenvalue weighted by atomic mass is 10.1. The van der Waals surface area contributed by atoms with Gasteiger partial charge >= 0.3 is 0 Å². The summed E-state index contributed by atoms with van der Waals surface area (Å²) in [6.45, 7) is 0.442. The fourth-order valence-electron chi connectivity index (χ4n) is 3.55. The van der Waals surface area contributed by atoms with Crippen molar-refractivity contribution in [2.45, 2.75) is 50.2 Å². The number of aromatic nitrogens is 1. The molecule has 27 heavy (non-hydrogen) atoms. The number of hydrogen-bond donors (Lipinski definition) is 3. The summed E-state index contributed by atoms with van der Waals surface area (Å²) in [5, 5.41) is 5.38. The van der Waals surface area contributed by atoms with Crippen molar-refractivity contribution in [3.05, 3.63) is 16.6 Å². The molecule has 1 aromatic rings. The molecule has 2 aliphatic rings. The van der Waals surface area contributed by atoms with Crippen LogP contribution in [0.4, 0.5) is 0 Å². The van der Waals surface area contributed by atoms with Crippen molar-refractivity contribution in [3.8, 4) is 0 Å². The van der Waals surface area contributed by atoms with Crippen LogP contribution in [0.2, 0.25) is 0 Å². The van der Waals surface area contributed by atoms with Crippen LogP contribution >= 0.6 is 11.3 Å². The van der Waals surface area contributed by atoms with Gasteiger partial charge in [0, 0.05) is 19.4 Å². The van der Waals surface area contributed by atoms with Gasteiger partial charge in [-0.15, -0.1) is 0 Å². The van der Waals surface area contributed by atoms with Gasteiger partial charge in [-0.1, -0.05) is 11.3 Å². The largest absolute Gasteiger partial charge is 0.368 e. The maximum absolute atomic E-state index is 13.1. The highest BCUT2D eigenvalue weighted by Gasteiger charge is 2.38. The van der Waals surface area contributed by atoms with Gasteiger partial charge in [-0.25, -0.2) is 0 Å². The van der Waals surface area contributed by atoms with E-state index in [9.17, 15) is 19.2 Å². The Balaban J connectivity index is 1.76. The highest BCUT2D eigenvalue weighted by atomic mass is 32.1. The lowest BCUT2D eigenvalue weighted by Gasteiger charge is -2.28. The van der Waals surface area contributed by atoms with E-state index >= 15 is 0 Å². The first-order valence-corrected chi connectivity index (χ1v) is 9.85. The Labute approximate surface area is 160 Å². The normalized spacial score (nSPS) is 23.1. The minimum Gasteiger partial charge on any atom is -0.368 e. The summed E-state index contributed by atoms with van der Waals surface area (Å²) in [6, 6.07) is -2.08. The molecular formula is C17H24N5O4S+. The number of thiazole rings is 1. The number of nitrogens with zero attached hydrogens (tertiary/aromatic N) is 2. The first-order valence-electron chi connectivity index (χ1n) is 8.97. The van der Waals surface area contributed by atoms with Crippen LogP contribution in [-0.4, -0.2) is 53.2 Å². The van der Waals surface area contributed by atoms with Crippen molar-refractivity contribution >= 4 is 35.0 Å². The van der Waals surface area contributed by atoms with E-state index in [4.69, 9.17) is 5.73 Å². The number of nitrogens with two attached hydrogens (primary N) is 1. The highest BCUT2D eigenvalue weighted by Crippen LogP contribution is 2.20. The van der Waals surface area contributed by atoms with Crippen LogP contribution in [0.25, 0.3) is 0 Å². The van der Waals surface area contributed by atoms with E-state index in [1.807, 2.05) is 23.3 Å². The third-order valence-corrected chi connectivity index (χ3v) is 5.93. The molecule has 146 valence electrons. The number of likely N-dealkylation sites (tertiary alicyclic amines) is 1. The first-order chi connectivity index (χ1) is 12.8. The number of carbonyl (C=O) groups is 4. The minimum absolute atomic E-state index is 0.170. The molecule has 1 aromatic heterocycles. The van der Waals surface area contributed by atoms with Crippen LogP contribution in [0.5, 0.6) is 0 Å². The van der Waals surface area contributed by atoms with Gasteiger partial charge in [-0.3, -0.25) is 19.2 Å². The van der Waals surface area contributed by atoms with Crippen molar-refractivity contribution in [3.63, 3.8) is 0 Å². The summed E-state index contributed by atoms with van der Waals surface area (Å²) < 4.78 is 1.88. The molecule has 4 N–H and O–H groups in total. The molecule has 1 unspecified atom stereocenters. The molecule has 4 amide bonds. The fraction of sp³-hybridized carbons (Fsp3) is 0.588. The van der Waals surface area contributed by atoms with Crippen molar-refractivity contribution in [2.24, 2.45) is 12.8 Å². The zero-order valence-corrected chi connectivity index (χ0v) is 16.0. The fourth-order valence-corrected chi connectivity index (χ4v) is 4.40. The van der Waals surface area contributed by atoms with E-state index in [0.29, 0.717) is 38.6 Å². The zero-order valence-electron chi connectivity index (χ0n) is 15.1. The second-order valence-corrected chi connectivity index (χ2v) is 7.97. The maximum Gasteiger partial charge on any atom is 0.246 e. The minimum atomic E-state index is -0.811. The SMILES string of the molecule is C[n+]1csc(CC(NC(=O)[C@@H]2CCC(=O)N2)C(=O)N2CCC[C@H]2C(N)=O)c1. The molecule has 2 saturated heterocycles. The molecule has 2 aliphatic heterocycles. The lowest BCUT2D eigenvalue weighted by molar-refractivity contribution is -0.666. The van der Waals surface area contributed by atoms with Gasteiger partial charge in [0.25, 0.3) is 0 Å². The number of amides is 4. The Morgan fingerprint density at radius 3 is 2.81 bits per heavy atom. The van der Waals surface area contributed by atoms with E-state index in [-0.39, 0.29) is 17.7 Å². The van der Waals surface area contributed by atoms with Gasteiger partial charge in [0.1, 0.15) is 25.2 Å². The molecule has 0 bridgehead atoms. The summed E-state index contributed by atoms with van der Waals surface area (Å²) in [5.74, 6) is -1.40. The second-order valence-electron chi connectivity index (χ2n) is 7.00. The third-order valence-electron chi connectivity index (χ3n) is 4.91. The summed E-state index contributed by atoms with van der Waals surface area (Å²) in [5.41, 5.74) is 7.33. The number of carbonyl (C=O) groups excluding carboxylic acids is 4. The number of primary amides is 1. The van der Waals surface area contributed by atoms with Crippen molar-refractivity contribution in [2.75, 3.05) is 6.54 Å². The van der Waals surface area contributed by atoms with Crippen LogP contribution in [-0.2, 0) is 32.6 Å². The molecule has 0 aliphatic carbocycles. The van der Waals surface area contributed by atoms with Gasteiger partial charge in [0.05, 0.1) is 4.88 Å². The van der Waals surface area contributed by atoms with Gasteiger partial charge in [-0.05, 0) is 19.3 Å². The first kappa shape index (κ1) is 19.3. The Hall–Kier alpha value is -2.49. The molecule has 0 spiro atoms. The van der Waals surface area contributed by atoms with Crippen LogP contribution in [0.1, 0.15) is 30.6 Å². The molecule has 2 fully saturated rings. The Morgan fingerprint density at radius 2 is 2.22 bits per heavy atom. The zero-order chi connectivity index (χ0) is 19.6. The molecular weight excluding hydrogens is 370 g/mol. The van der Waals surface area contributed by atoms with E-state index in [1.54, 1.807) is 0 Å². The van der Waals surface area contributed by atoms with Crippen molar-refractivity contribution < 1.29 is 23.7 Å². The van der Waals surface area contributed by atoms with Crippen molar-refractivity contribution in [1.82, 2.24) is 15.5 Å². The van der Waals surface area contributed by atoms with E-state index in [2.05, 4.69) is 10.6 Å². The van der Waals surface area contributed by atoms with Crippen LogP contribution in [0.15, 0.2) is 11.7 Å². The standard InChI is InChI=1S/C17H23N5O4S/c1-21-8-10(27-9-21)7-12(20-16(25)11-4-5-14(23)19-11)17(26)22-6-2-3-13(22)15(18)24/h8-9,11-13H,2-7H2,1H3,(H3-,18,19,20,23,24,25)/p+1/t11-,12?,13-/m0/s1. The van der Waals surface area contributed by atoms with Gasteiger partial charge in [-0.2, -0.15) is 4.57 Å². The predicted octanol–water partition coefficient (Wildman–Crippen LogP) is -1.65. The number of nitrogens with one attached hydrogen (secondary N) is 2. The molecule has 3 rings (SSSR count). The smallest absolute Gasteiger partial charge is 0.246 e. The second kappa shape index (κ2) is 8.03. The van der Waals surface area contributed by atoms with E-state index in [1.165, 1.54) is 16.2 Å². The third kappa shape index (κ3) is 4.44. The molecule has 0 saturated carbocycles. The molecule has 9 nitrogen and oxygen atoms in total. The number of hydrogen-bond acceptors (Lipinski definition) is 5. The van der Waals surface area contributed by atoms with Gasteiger partial charge in [0.2, 0.25) is 29.1 Å². The predicted molar refractivity (Wildman–Crippen MR) is 96.2 cm³/mol.